The van der Waals surface area contributed by atoms with E-state index < -0.39 is 0 Å². The van der Waals surface area contributed by atoms with Crippen molar-refractivity contribution >= 4 is 78.4 Å². The molecule has 1 aliphatic rings. The third-order valence-corrected chi connectivity index (χ3v) is 8.09. The van der Waals surface area contributed by atoms with Crippen molar-refractivity contribution in [1.29, 1.82) is 0 Å². The lowest BCUT2D eigenvalue weighted by Gasteiger charge is -2.26. The van der Waals surface area contributed by atoms with Crippen molar-refractivity contribution in [1.82, 2.24) is 19.9 Å². The molecule has 2 N–H and O–H groups in total. The van der Waals surface area contributed by atoms with E-state index in [-0.39, 0.29) is 5.82 Å². The fourth-order valence-corrected chi connectivity index (χ4v) is 6.07. The molecule has 0 bridgehead atoms. The highest BCUT2D eigenvalue weighted by molar-refractivity contribution is 14.1. The van der Waals surface area contributed by atoms with Crippen LogP contribution in [-0.2, 0) is 11.0 Å². The monoisotopic (exact) mass is 592 g/mol. The number of rotatable bonds is 7. The number of halogens is 2. The summed E-state index contributed by atoms with van der Waals surface area (Å²) in [5, 5.41) is 7.42. The van der Waals surface area contributed by atoms with Gasteiger partial charge in [-0.25, -0.2) is 14.4 Å². The smallest absolute Gasteiger partial charge is 0.189 e. The number of nitrogens with zero attached hydrogens (tertiary/aromatic N) is 4. The zero-order valence-corrected chi connectivity index (χ0v) is 21.5. The van der Waals surface area contributed by atoms with Crippen LogP contribution in [0.25, 0.3) is 10.3 Å². The number of nitrogens with one attached hydrogen (secondary N) is 2. The normalized spacial score (nSPS) is 14.5. The molecule has 5 rings (SSSR count). The van der Waals surface area contributed by atoms with Crippen molar-refractivity contribution in [3.05, 3.63) is 65.7 Å². The molecule has 3 heterocycles. The van der Waals surface area contributed by atoms with E-state index in [9.17, 15) is 4.39 Å². The number of fused-ring (bicyclic) bond motifs is 1. The number of alkyl halides is 1. The number of hydrogen-bond acceptors (Lipinski definition) is 8. The maximum absolute atomic E-state index is 13.8. The van der Waals surface area contributed by atoms with Crippen LogP contribution in [-0.4, -0.2) is 44.4 Å². The average Bonchev–Trinajstić information content (AvgIpc) is 3.26. The van der Waals surface area contributed by atoms with Gasteiger partial charge >= 0.3 is 0 Å². The molecule has 0 atom stereocenters. The van der Waals surface area contributed by atoms with Gasteiger partial charge in [-0.15, -0.1) is 0 Å². The number of thiazole rings is 1. The Morgan fingerprint density at radius 1 is 1.00 bits per heavy atom. The van der Waals surface area contributed by atoms with Crippen molar-refractivity contribution in [2.45, 2.75) is 11.0 Å². The van der Waals surface area contributed by atoms with Crippen LogP contribution in [0.4, 0.5) is 26.7 Å². The van der Waals surface area contributed by atoms with E-state index in [1.165, 1.54) is 40.8 Å². The summed E-state index contributed by atoms with van der Waals surface area (Å²) in [6.45, 7) is 3.31. The second-order valence-corrected chi connectivity index (χ2v) is 10.7. The zero-order chi connectivity index (χ0) is 22.6. The molecular formula is C23H22FIN6S2. The largest absolute Gasteiger partial charge is 0.339 e. The van der Waals surface area contributed by atoms with E-state index in [1.807, 2.05) is 11.8 Å². The topological polar surface area (TPSA) is 66.0 Å². The summed E-state index contributed by atoms with van der Waals surface area (Å²) >= 11 is 5.68. The fraction of sp³-hybridized carbons (Fsp3) is 0.261. The second kappa shape index (κ2) is 10.5. The van der Waals surface area contributed by atoms with Crippen LogP contribution >= 0.6 is 45.7 Å². The predicted octanol–water partition coefficient (Wildman–Crippen LogP) is 6.20. The van der Waals surface area contributed by atoms with Crippen molar-refractivity contribution in [3.8, 4) is 0 Å². The Kier molecular flexibility index (Phi) is 7.24. The Hall–Kier alpha value is -2.02. The fourth-order valence-electron chi connectivity index (χ4n) is 3.62. The summed E-state index contributed by atoms with van der Waals surface area (Å²) < 4.78 is 15.3. The molecule has 0 radical (unpaired) electrons. The molecule has 0 spiro atoms. The van der Waals surface area contributed by atoms with Gasteiger partial charge in [-0.05, 0) is 41.5 Å². The van der Waals surface area contributed by atoms with Crippen molar-refractivity contribution < 1.29 is 4.39 Å². The first-order valence-electron chi connectivity index (χ1n) is 10.6. The predicted molar refractivity (Wildman–Crippen MR) is 145 cm³/mol. The third kappa shape index (κ3) is 5.56. The number of hydrogen-bond donors (Lipinski definition) is 2. The van der Waals surface area contributed by atoms with Gasteiger partial charge in [0.25, 0.3) is 0 Å². The van der Waals surface area contributed by atoms with Crippen molar-refractivity contribution in [2.24, 2.45) is 0 Å². The van der Waals surface area contributed by atoms with Gasteiger partial charge in [0.05, 0.1) is 0 Å². The van der Waals surface area contributed by atoms with Crippen molar-refractivity contribution in [2.75, 3.05) is 35.2 Å². The number of aromatic nitrogens is 3. The number of benzene rings is 2. The Labute approximate surface area is 213 Å². The summed E-state index contributed by atoms with van der Waals surface area (Å²) in [6.07, 6.45) is 1.49. The van der Waals surface area contributed by atoms with Gasteiger partial charge in [-0.2, -0.15) is 16.7 Å². The number of anilines is 4. The third-order valence-electron chi connectivity index (χ3n) is 5.36. The Bertz CT molecular complexity index is 1240. The molecule has 33 heavy (non-hydrogen) atoms. The molecule has 10 heteroatoms. The van der Waals surface area contributed by atoms with E-state index in [4.69, 9.17) is 0 Å². The van der Waals surface area contributed by atoms with E-state index >= 15 is 0 Å². The lowest BCUT2D eigenvalue weighted by Crippen LogP contribution is -2.31. The van der Waals surface area contributed by atoms with Crippen LogP contribution in [0.3, 0.4) is 0 Å². The Balaban J connectivity index is 1.30. The van der Waals surface area contributed by atoms with Crippen LogP contribution in [0.2, 0.25) is 0 Å². The Morgan fingerprint density at radius 3 is 2.58 bits per heavy atom. The van der Waals surface area contributed by atoms with Gasteiger partial charge in [0.2, 0.25) is 0 Å². The molecule has 1 saturated heterocycles. The SMILES string of the molecule is Fc1ccc(Nc2ncnc3nc(Nc4ccc(CN5CCSCC5)cc4)sc23)cc1CI. The summed E-state index contributed by atoms with van der Waals surface area (Å²) in [5.41, 5.74) is 4.36. The lowest BCUT2D eigenvalue weighted by molar-refractivity contribution is 0.294. The molecular weight excluding hydrogens is 570 g/mol. The number of thioether (sulfide) groups is 1. The molecule has 0 unspecified atom stereocenters. The molecule has 4 aromatic rings. The van der Waals surface area contributed by atoms with Gasteiger partial charge in [0.15, 0.2) is 16.6 Å². The molecule has 0 amide bonds. The van der Waals surface area contributed by atoms with Gasteiger partial charge in [-0.1, -0.05) is 46.1 Å². The van der Waals surface area contributed by atoms with E-state index in [1.54, 1.807) is 12.1 Å². The highest BCUT2D eigenvalue weighted by Crippen LogP contribution is 2.33. The van der Waals surface area contributed by atoms with Crippen LogP contribution in [0.1, 0.15) is 11.1 Å². The van der Waals surface area contributed by atoms with Crippen LogP contribution in [0.15, 0.2) is 48.8 Å². The molecule has 170 valence electrons. The highest BCUT2D eigenvalue weighted by atomic mass is 127. The summed E-state index contributed by atoms with van der Waals surface area (Å²) in [4.78, 5) is 15.8. The van der Waals surface area contributed by atoms with Crippen molar-refractivity contribution in [3.63, 3.8) is 0 Å². The summed E-state index contributed by atoms with van der Waals surface area (Å²) in [5.74, 6) is 2.90. The molecule has 6 nitrogen and oxygen atoms in total. The minimum atomic E-state index is -0.201. The van der Waals surface area contributed by atoms with Crippen LogP contribution in [0.5, 0.6) is 0 Å². The van der Waals surface area contributed by atoms with Gasteiger partial charge in [0.1, 0.15) is 16.8 Å². The van der Waals surface area contributed by atoms with E-state index in [2.05, 4.69) is 77.3 Å². The quantitative estimate of drug-likeness (QED) is 0.196. The molecule has 1 aliphatic heterocycles. The van der Waals surface area contributed by atoms with Gasteiger partial charge < -0.3 is 10.6 Å². The standard InChI is InChI=1S/C23H22FIN6S2/c24-19-6-5-18(11-16(19)12-25)28-21-20-22(27-14-26-21)30-23(33-20)29-17-3-1-15(2-4-17)13-31-7-9-32-10-8-31/h1-6,11,14H,7-10,12-13H2,(H2,26,27,28,29,30). The Morgan fingerprint density at radius 2 is 1.79 bits per heavy atom. The molecule has 0 saturated carbocycles. The first kappa shape index (κ1) is 22.8. The highest BCUT2D eigenvalue weighted by Gasteiger charge is 2.13. The molecule has 2 aromatic heterocycles. The van der Waals surface area contributed by atoms with Gasteiger partial charge in [0, 0.05) is 46.9 Å². The second-order valence-electron chi connectivity index (χ2n) is 7.67. The molecule has 0 aliphatic carbocycles. The lowest BCUT2D eigenvalue weighted by atomic mass is 10.2. The molecule has 1 fully saturated rings. The minimum absolute atomic E-state index is 0.201. The minimum Gasteiger partial charge on any atom is -0.339 e. The van der Waals surface area contributed by atoms with Crippen LogP contribution < -0.4 is 10.6 Å². The first-order chi connectivity index (χ1) is 16.2. The van der Waals surface area contributed by atoms with E-state index in [0.29, 0.717) is 21.5 Å². The van der Waals surface area contributed by atoms with E-state index in [0.717, 1.165) is 40.8 Å². The summed E-state index contributed by atoms with van der Waals surface area (Å²) in [7, 11) is 0. The van der Waals surface area contributed by atoms with Crippen LogP contribution in [0, 0.1) is 5.82 Å². The van der Waals surface area contributed by atoms with Gasteiger partial charge in [-0.3, -0.25) is 4.90 Å². The molecule has 2 aromatic carbocycles. The first-order valence-corrected chi connectivity index (χ1v) is 14.1. The average molecular weight is 593 g/mol. The summed E-state index contributed by atoms with van der Waals surface area (Å²) in [6, 6.07) is 13.5. The maximum Gasteiger partial charge on any atom is 0.189 e. The zero-order valence-electron chi connectivity index (χ0n) is 17.7. The maximum atomic E-state index is 13.8.